The maximum absolute atomic E-state index is 12.5. The fraction of sp³-hybridized carbons (Fsp3) is 0.583. The van der Waals surface area contributed by atoms with Crippen LogP contribution in [0.1, 0.15) is 59.9 Å². The third-order valence-electron chi connectivity index (χ3n) is 4.12. The van der Waals surface area contributed by atoms with Crippen molar-refractivity contribution in [1.82, 2.24) is 10.6 Å². The van der Waals surface area contributed by atoms with Crippen molar-refractivity contribution in [3.8, 4) is 0 Å². The van der Waals surface area contributed by atoms with Gasteiger partial charge in [-0.2, -0.15) is 0 Å². The Hall–Kier alpha value is -3.30. The average molecular weight is 481 g/mol. The average Bonchev–Trinajstić information content (AvgIpc) is 2.69. The molecule has 190 valence electrons. The fourth-order valence-corrected chi connectivity index (χ4v) is 2.79. The van der Waals surface area contributed by atoms with E-state index in [9.17, 15) is 19.2 Å². The van der Waals surface area contributed by atoms with Crippen LogP contribution in [0.3, 0.4) is 0 Å². The number of methoxy groups -OCH3 is 1. The number of nitrogens with one attached hydrogen (secondary N) is 2. The molecule has 34 heavy (non-hydrogen) atoms. The third kappa shape index (κ3) is 12.7. The molecular formula is C24H36N2O8. The van der Waals surface area contributed by atoms with Crippen molar-refractivity contribution in [1.29, 1.82) is 0 Å². The molecule has 1 rings (SSSR count). The predicted octanol–water partition coefficient (Wildman–Crippen LogP) is 3.47. The number of esters is 2. The predicted molar refractivity (Wildman–Crippen MR) is 124 cm³/mol. The molecule has 0 saturated carbocycles. The molecule has 0 saturated heterocycles. The van der Waals surface area contributed by atoms with E-state index in [4.69, 9.17) is 18.9 Å². The Morgan fingerprint density at radius 2 is 1.26 bits per heavy atom. The molecule has 2 amide bonds. The standard InChI is InChI=1S/C24H36N2O8/c1-23(2,3)33-20(28)14-18(25-21(29)32-15-16-11-9-8-10-12-16)17(13-19(27)31-7)26-22(30)34-24(4,5)6/h8-12,17-18H,13-15H2,1-7H3,(H,25,29)(H,26,30)/t17-,18+/m0/s1. The maximum Gasteiger partial charge on any atom is 0.407 e. The number of hydrogen-bond donors (Lipinski definition) is 2. The summed E-state index contributed by atoms with van der Waals surface area (Å²) in [5, 5.41) is 5.11. The molecule has 1 aromatic rings. The van der Waals surface area contributed by atoms with E-state index in [0.717, 1.165) is 5.56 Å². The lowest BCUT2D eigenvalue weighted by atomic mass is 10.0. The monoisotopic (exact) mass is 480 g/mol. The SMILES string of the molecule is COC(=O)C[C@H](NC(=O)OC(C)(C)C)[C@@H](CC(=O)OC(C)(C)C)NC(=O)OCc1ccccc1. The van der Waals surface area contributed by atoms with Gasteiger partial charge in [-0.15, -0.1) is 0 Å². The summed E-state index contributed by atoms with van der Waals surface area (Å²) in [6.07, 6.45) is -2.33. The van der Waals surface area contributed by atoms with Crippen molar-refractivity contribution in [2.75, 3.05) is 7.11 Å². The molecule has 2 N–H and O–H groups in total. The summed E-state index contributed by atoms with van der Waals surface area (Å²) in [5.74, 6) is -1.29. The topological polar surface area (TPSA) is 129 Å². The lowest BCUT2D eigenvalue weighted by Crippen LogP contribution is -2.54. The molecular weight excluding hydrogens is 444 g/mol. The Bertz CT molecular complexity index is 828. The van der Waals surface area contributed by atoms with Gasteiger partial charge in [0.15, 0.2) is 0 Å². The lowest BCUT2D eigenvalue weighted by molar-refractivity contribution is -0.156. The Morgan fingerprint density at radius 3 is 1.76 bits per heavy atom. The first-order chi connectivity index (χ1) is 15.7. The molecule has 0 radical (unpaired) electrons. The highest BCUT2D eigenvalue weighted by Crippen LogP contribution is 2.14. The smallest absolute Gasteiger partial charge is 0.407 e. The highest BCUT2D eigenvalue weighted by atomic mass is 16.6. The highest BCUT2D eigenvalue weighted by molar-refractivity contribution is 5.76. The van der Waals surface area contributed by atoms with Gasteiger partial charge in [0.25, 0.3) is 0 Å². The van der Waals surface area contributed by atoms with Crippen LogP contribution in [-0.4, -0.2) is 54.5 Å². The first-order valence-electron chi connectivity index (χ1n) is 10.9. The zero-order valence-electron chi connectivity index (χ0n) is 20.9. The fourth-order valence-electron chi connectivity index (χ4n) is 2.79. The number of carbonyl (C=O) groups excluding carboxylic acids is 4. The third-order valence-corrected chi connectivity index (χ3v) is 4.12. The highest BCUT2D eigenvalue weighted by Gasteiger charge is 2.33. The molecule has 0 aliphatic rings. The number of alkyl carbamates (subject to hydrolysis) is 2. The van der Waals surface area contributed by atoms with E-state index >= 15 is 0 Å². The van der Waals surface area contributed by atoms with E-state index in [1.807, 2.05) is 6.07 Å². The molecule has 0 spiro atoms. The van der Waals surface area contributed by atoms with Crippen LogP contribution in [0.2, 0.25) is 0 Å². The molecule has 2 atom stereocenters. The summed E-state index contributed by atoms with van der Waals surface area (Å²) >= 11 is 0. The second-order valence-corrected chi connectivity index (χ2v) is 9.64. The van der Waals surface area contributed by atoms with Gasteiger partial charge in [0, 0.05) is 0 Å². The summed E-state index contributed by atoms with van der Waals surface area (Å²) in [6, 6.07) is 6.92. The van der Waals surface area contributed by atoms with Gasteiger partial charge in [-0.05, 0) is 47.1 Å². The van der Waals surface area contributed by atoms with Gasteiger partial charge in [0.1, 0.15) is 17.8 Å². The molecule has 0 bridgehead atoms. The first-order valence-corrected chi connectivity index (χ1v) is 10.9. The quantitative estimate of drug-likeness (QED) is 0.406. The van der Waals surface area contributed by atoms with Gasteiger partial charge in [-0.3, -0.25) is 9.59 Å². The van der Waals surface area contributed by atoms with Crippen molar-refractivity contribution >= 4 is 24.1 Å². The normalized spacial score (nSPS) is 13.1. The van der Waals surface area contributed by atoms with E-state index in [0.29, 0.717) is 0 Å². The van der Waals surface area contributed by atoms with Crippen molar-refractivity contribution in [2.24, 2.45) is 0 Å². The van der Waals surface area contributed by atoms with E-state index in [2.05, 4.69) is 10.6 Å². The molecule has 0 heterocycles. The zero-order valence-corrected chi connectivity index (χ0v) is 20.9. The minimum atomic E-state index is -1.05. The number of ether oxygens (including phenoxy) is 4. The molecule has 0 aliphatic heterocycles. The van der Waals surface area contributed by atoms with Crippen LogP contribution >= 0.6 is 0 Å². The van der Waals surface area contributed by atoms with E-state index < -0.39 is 47.4 Å². The second kappa shape index (κ2) is 12.8. The van der Waals surface area contributed by atoms with E-state index in [1.165, 1.54) is 7.11 Å². The number of hydrogen-bond acceptors (Lipinski definition) is 8. The van der Waals surface area contributed by atoms with Gasteiger partial charge >= 0.3 is 24.1 Å². The van der Waals surface area contributed by atoms with Crippen LogP contribution in [-0.2, 0) is 35.1 Å². The van der Waals surface area contributed by atoms with Crippen LogP contribution in [0, 0.1) is 0 Å². The van der Waals surface area contributed by atoms with Crippen LogP contribution < -0.4 is 10.6 Å². The molecule has 1 aromatic carbocycles. The molecule has 10 nitrogen and oxygen atoms in total. The molecule has 0 aromatic heterocycles. The minimum Gasteiger partial charge on any atom is -0.469 e. The Balaban J connectivity index is 3.05. The van der Waals surface area contributed by atoms with Crippen LogP contribution in [0.5, 0.6) is 0 Å². The van der Waals surface area contributed by atoms with Crippen LogP contribution in [0.4, 0.5) is 9.59 Å². The largest absolute Gasteiger partial charge is 0.469 e. The van der Waals surface area contributed by atoms with Crippen molar-refractivity contribution in [2.45, 2.75) is 84.3 Å². The van der Waals surface area contributed by atoms with Crippen LogP contribution in [0.15, 0.2) is 30.3 Å². The summed E-state index contributed by atoms with van der Waals surface area (Å²) in [7, 11) is 1.19. The Morgan fingerprint density at radius 1 is 0.765 bits per heavy atom. The first kappa shape index (κ1) is 28.7. The van der Waals surface area contributed by atoms with Gasteiger partial charge in [-0.1, -0.05) is 30.3 Å². The van der Waals surface area contributed by atoms with E-state index in [-0.39, 0.29) is 19.4 Å². The van der Waals surface area contributed by atoms with Gasteiger partial charge in [-0.25, -0.2) is 9.59 Å². The van der Waals surface area contributed by atoms with Crippen molar-refractivity contribution in [3.05, 3.63) is 35.9 Å². The summed E-state index contributed by atoms with van der Waals surface area (Å²) < 4.78 is 20.6. The van der Waals surface area contributed by atoms with Crippen molar-refractivity contribution < 1.29 is 38.1 Å². The zero-order chi connectivity index (χ0) is 25.9. The van der Waals surface area contributed by atoms with Gasteiger partial charge in [0.05, 0.1) is 32.0 Å². The van der Waals surface area contributed by atoms with E-state index in [1.54, 1.807) is 65.8 Å². The Labute approximate surface area is 200 Å². The van der Waals surface area contributed by atoms with Crippen LogP contribution in [0.25, 0.3) is 0 Å². The van der Waals surface area contributed by atoms with Gasteiger partial charge in [0.2, 0.25) is 0 Å². The minimum absolute atomic E-state index is 0.00695. The summed E-state index contributed by atoms with van der Waals surface area (Å²) in [6.45, 7) is 10.1. The summed E-state index contributed by atoms with van der Waals surface area (Å²) in [4.78, 5) is 49.5. The molecule has 0 aliphatic carbocycles. The van der Waals surface area contributed by atoms with Crippen molar-refractivity contribution in [3.63, 3.8) is 0 Å². The lowest BCUT2D eigenvalue weighted by Gasteiger charge is -2.30. The summed E-state index contributed by atoms with van der Waals surface area (Å²) in [5.41, 5.74) is -0.812. The number of carbonyl (C=O) groups is 4. The number of benzene rings is 1. The number of amides is 2. The number of rotatable bonds is 9. The van der Waals surface area contributed by atoms with Gasteiger partial charge < -0.3 is 29.6 Å². The second-order valence-electron chi connectivity index (χ2n) is 9.64. The molecule has 0 unspecified atom stereocenters. The maximum atomic E-state index is 12.5. The molecule has 0 fully saturated rings. The Kier molecular flexibility index (Phi) is 10.8. The molecule has 10 heteroatoms.